The van der Waals surface area contributed by atoms with Gasteiger partial charge in [-0.1, -0.05) is 12.1 Å². The minimum Gasteiger partial charge on any atom is -0.504 e. The van der Waals surface area contributed by atoms with E-state index < -0.39 is 0 Å². The lowest BCUT2D eigenvalue weighted by Gasteiger charge is -2.13. The Hall–Kier alpha value is -3.65. The number of phenols is 1. The van der Waals surface area contributed by atoms with E-state index in [-0.39, 0.29) is 18.1 Å². The monoisotopic (exact) mass is 433 g/mol. The number of nitrogens with one attached hydrogen (secondary N) is 2. The molecule has 32 heavy (non-hydrogen) atoms. The number of ether oxygens (including phenoxy) is 1. The number of phenolic OH excluding ortho intramolecular Hbond substituents is 1. The van der Waals surface area contributed by atoms with Crippen LogP contribution in [0, 0.1) is 0 Å². The van der Waals surface area contributed by atoms with Crippen LogP contribution in [0.25, 0.3) is 11.3 Å². The molecule has 0 atom stereocenters. The van der Waals surface area contributed by atoms with Crippen LogP contribution in [0.5, 0.6) is 11.5 Å². The first-order valence-electron chi connectivity index (χ1n) is 10.5. The highest BCUT2D eigenvalue weighted by atomic mass is 16.5. The molecule has 0 fully saturated rings. The predicted molar refractivity (Wildman–Crippen MR) is 125 cm³/mol. The number of benzene rings is 2. The van der Waals surface area contributed by atoms with Crippen LogP contribution in [0.2, 0.25) is 0 Å². The summed E-state index contributed by atoms with van der Waals surface area (Å²) in [6, 6.07) is 11.1. The maximum atomic E-state index is 12.5. The second-order valence-electron chi connectivity index (χ2n) is 8.09. The second kappa shape index (κ2) is 9.23. The van der Waals surface area contributed by atoms with Gasteiger partial charge in [0.1, 0.15) is 0 Å². The number of hydrogen-bond donors (Lipinski definition) is 3. The highest BCUT2D eigenvalue weighted by molar-refractivity contribution is 6.00. The molecule has 0 unspecified atom stereocenters. The molecule has 4 rings (SSSR count). The Bertz CT molecular complexity index is 1150. The molecular formula is C24H27N5O3. The number of fused-ring (bicyclic) bond motifs is 3. The number of aromatic nitrogens is 2. The van der Waals surface area contributed by atoms with Crippen molar-refractivity contribution >= 4 is 23.2 Å². The Kier molecular flexibility index (Phi) is 6.23. The lowest BCUT2D eigenvalue weighted by molar-refractivity contribution is -0.115. The fraction of sp³-hybridized carbons (Fsp3) is 0.292. The van der Waals surface area contributed by atoms with Gasteiger partial charge in [-0.05, 0) is 57.2 Å². The summed E-state index contributed by atoms with van der Waals surface area (Å²) in [4.78, 5) is 23.7. The van der Waals surface area contributed by atoms with Crippen molar-refractivity contribution in [2.24, 2.45) is 0 Å². The van der Waals surface area contributed by atoms with Gasteiger partial charge < -0.3 is 25.4 Å². The zero-order valence-electron chi connectivity index (χ0n) is 18.5. The maximum absolute atomic E-state index is 12.5. The summed E-state index contributed by atoms with van der Waals surface area (Å²) >= 11 is 0. The number of aromatic hydroxyl groups is 1. The Morgan fingerprint density at radius 3 is 2.81 bits per heavy atom. The Labute approximate surface area is 187 Å². The van der Waals surface area contributed by atoms with Gasteiger partial charge in [-0.3, -0.25) is 4.79 Å². The average molecular weight is 434 g/mol. The number of carbonyl (C=O) groups excluding carboxylic acids is 1. The van der Waals surface area contributed by atoms with Crippen molar-refractivity contribution in [1.29, 1.82) is 0 Å². The van der Waals surface area contributed by atoms with Crippen molar-refractivity contribution in [3.05, 3.63) is 53.7 Å². The van der Waals surface area contributed by atoms with E-state index in [1.807, 2.05) is 12.1 Å². The lowest BCUT2D eigenvalue weighted by atomic mass is 10.0. The third-order valence-electron chi connectivity index (χ3n) is 5.33. The summed E-state index contributed by atoms with van der Waals surface area (Å²) < 4.78 is 5.08. The van der Waals surface area contributed by atoms with E-state index in [2.05, 4.69) is 40.7 Å². The van der Waals surface area contributed by atoms with Crippen LogP contribution >= 0.6 is 0 Å². The smallest absolute Gasteiger partial charge is 0.228 e. The number of amides is 1. The third-order valence-corrected chi connectivity index (χ3v) is 5.33. The zero-order chi connectivity index (χ0) is 22.7. The first-order valence-corrected chi connectivity index (χ1v) is 10.5. The van der Waals surface area contributed by atoms with Gasteiger partial charge in [0.25, 0.3) is 0 Å². The number of anilines is 3. The van der Waals surface area contributed by atoms with E-state index in [4.69, 9.17) is 9.72 Å². The predicted octanol–water partition coefficient (Wildman–Crippen LogP) is 3.59. The minimum absolute atomic E-state index is 0.0224. The molecule has 0 radical (unpaired) electrons. The molecule has 2 heterocycles. The molecule has 1 amide bonds. The number of aryl methyl sites for hydroxylation is 1. The van der Waals surface area contributed by atoms with Crippen molar-refractivity contribution in [3.8, 4) is 22.8 Å². The fourth-order valence-corrected chi connectivity index (χ4v) is 3.75. The van der Waals surface area contributed by atoms with Crippen molar-refractivity contribution in [3.63, 3.8) is 0 Å². The molecule has 0 aliphatic carbocycles. The quantitative estimate of drug-likeness (QED) is 0.524. The summed E-state index contributed by atoms with van der Waals surface area (Å²) in [5, 5.41) is 16.1. The van der Waals surface area contributed by atoms with E-state index in [1.165, 1.54) is 12.7 Å². The molecule has 8 heteroatoms. The van der Waals surface area contributed by atoms with Crippen LogP contribution < -0.4 is 15.4 Å². The Morgan fingerprint density at radius 1 is 1.22 bits per heavy atom. The van der Waals surface area contributed by atoms with Crippen LogP contribution in [0.1, 0.15) is 17.5 Å². The van der Waals surface area contributed by atoms with Crippen molar-refractivity contribution in [2.75, 3.05) is 38.4 Å². The first kappa shape index (κ1) is 21.6. The standard InChI is InChI=1S/C24H27N5O3/c1-29(2)10-4-5-15-6-8-18-19(11-15)27-22(31)12-16-14-25-24(28-23(16)18)26-17-7-9-21(32-3)20(30)13-17/h6-9,11,13-14,30H,4-5,10,12H2,1-3H3,(H,27,31)(H,25,26,28). The average Bonchev–Trinajstić information content (AvgIpc) is 2.88. The highest BCUT2D eigenvalue weighted by Crippen LogP contribution is 2.35. The highest BCUT2D eigenvalue weighted by Gasteiger charge is 2.21. The molecule has 3 N–H and O–H groups in total. The number of methoxy groups -OCH3 is 1. The number of rotatable bonds is 7. The summed E-state index contributed by atoms with van der Waals surface area (Å²) in [6.07, 6.45) is 3.87. The molecule has 0 saturated carbocycles. The summed E-state index contributed by atoms with van der Waals surface area (Å²) in [6.45, 7) is 1.01. The van der Waals surface area contributed by atoms with Gasteiger partial charge in [0.2, 0.25) is 11.9 Å². The summed E-state index contributed by atoms with van der Waals surface area (Å²) in [7, 11) is 5.62. The van der Waals surface area contributed by atoms with Crippen LogP contribution in [0.4, 0.5) is 17.3 Å². The Balaban J connectivity index is 1.63. The van der Waals surface area contributed by atoms with E-state index in [1.54, 1.807) is 24.4 Å². The molecule has 1 aliphatic heterocycles. The van der Waals surface area contributed by atoms with E-state index in [0.29, 0.717) is 23.1 Å². The molecule has 0 spiro atoms. The molecule has 8 nitrogen and oxygen atoms in total. The topological polar surface area (TPSA) is 99.6 Å². The largest absolute Gasteiger partial charge is 0.504 e. The minimum atomic E-state index is -0.0835. The molecule has 1 aliphatic rings. The van der Waals surface area contributed by atoms with Crippen LogP contribution in [-0.2, 0) is 17.6 Å². The number of nitrogens with zero attached hydrogens (tertiary/aromatic N) is 3. The van der Waals surface area contributed by atoms with Crippen LogP contribution in [0.15, 0.2) is 42.6 Å². The summed E-state index contributed by atoms with van der Waals surface area (Å²) in [5.41, 5.74) is 4.92. The summed E-state index contributed by atoms with van der Waals surface area (Å²) in [5.74, 6) is 0.705. The first-order chi connectivity index (χ1) is 15.4. The van der Waals surface area contributed by atoms with Gasteiger partial charge in [0, 0.05) is 29.1 Å². The molecule has 1 aromatic heterocycles. The van der Waals surface area contributed by atoms with Gasteiger partial charge in [-0.15, -0.1) is 0 Å². The van der Waals surface area contributed by atoms with Crippen molar-refractivity contribution in [2.45, 2.75) is 19.3 Å². The molecule has 0 bridgehead atoms. The molecule has 3 aromatic rings. The SMILES string of the molecule is COc1ccc(Nc2ncc3c(n2)-c2ccc(CCCN(C)C)cc2NC(=O)C3)cc1O. The fourth-order valence-electron chi connectivity index (χ4n) is 3.75. The van der Waals surface area contributed by atoms with Gasteiger partial charge in [-0.2, -0.15) is 0 Å². The second-order valence-corrected chi connectivity index (χ2v) is 8.09. The van der Waals surface area contributed by atoms with Gasteiger partial charge >= 0.3 is 0 Å². The number of carbonyl (C=O) groups is 1. The van der Waals surface area contributed by atoms with Crippen molar-refractivity contribution < 1.29 is 14.6 Å². The van der Waals surface area contributed by atoms with Crippen LogP contribution in [-0.4, -0.2) is 53.6 Å². The molecule has 166 valence electrons. The van der Waals surface area contributed by atoms with Gasteiger partial charge in [0.05, 0.1) is 24.9 Å². The lowest BCUT2D eigenvalue weighted by Crippen LogP contribution is -2.14. The van der Waals surface area contributed by atoms with E-state index >= 15 is 0 Å². The maximum Gasteiger partial charge on any atom is 0.228 e. The van der Waals surface area contributed by atoms with Crippen molar-refractivity contribution in [1.82, 2.24) is 14.9 Å². The van der Waals surface area contributed by atoms with Gasteiger partial charge in [-0.25, -0.2) is 9.97 Å². The zero-order valence-corrected chi connectivity index (χ0v) is 18.5. The molecule has 0 saturated heterocycles. The molecular weight excluding hydrogens is 406 g/mol. The normalized spacial score (nSPS) is 12.6. The van der Waals surface area contributed by atoms with Crippen LogP contribution in [0.3, 0.4) is 0 Å². The van der Waals surface area contributed by atoms with E-state index in [9.17, 15) is 9.90 Å². The van der Waals surface area contributed by atoms with E-state index in [0.717, 1.165) is 36.2 Å². The third kappa shape index (κ3) is 4.81. The number of hydrogen-bond acceptors (Lipinski definition) is 7. The van der Waals surface area contributed by atoms with Gasteiger partial charge in [0.15, 0.2) is 11.5 Å². The molecule has 2 aromatic carbocycles. The Morgan fingerprint density at radius 2 is 2.06 bits per heavy atom.